The Labute approximate surface area is 152 Å². The predicted octanol–water partition coefficient (Wildman–Crippen LogP) is 3.26. The molecule has 4 rings (SSSR count). The van der Waals surface area contributed by atoms with Crippen molar-refractivity contribution in [1.29, 1.82) is 0 Å². The standard InChI is InChI=1S/C20H23N5O/c1-12-5-15-6-14(3-4-18(15)24-12)10-21-20-9-19(22-11-23-20)16-7-17(8-16)25-13(2)26/h3-6,9,11,16-17,24H,7-8,10H2,1-2H3,(H,25,26)(H,21,22,23). The van der Waals surface area contributed by atoms with Crippen LogP contribution in [0.5, 0.6) is 0 Å². The van der Waals surface area contributed by atoms with Crippen molar-refractivity contribution < 1.29 is 4.79 Å². The lowest BCUT2D eigenvalue weighted by molar-refractivity contribution is -0.120. The lowest BCUT2D eigenvalue weighted by Gasteiger charge is -2.35. The van der Waals surface area contributed by atoms with Crippen molar-refractivity contribution in [2.24, 2.45) is 0 Å². The normalized spacial score (nSPS) is 19.2. The Bertz CT molecular complexity index is 942. The van der Waals surface area contributed by atoms with Crippen molar-refractivity contribution in [1.82, 2.24) is 20.3 Å². The second-order valence-corrected chi connectivity index (χ2v) is 7.12. The zero-order chi connectivity index (χ0) is 18.1. The van der Waals surface area contributed by atoms with Gasteiger partial charge < -0.3 is 15.6 Å². The summed E-state index contributed by atoms with van der Waals surface area (Å²) in [5.41, 5.74) is 4.59. The first kappa shape index (κ1) is 16.6. The van der Waals surface area contributed by atoms with Gasteiger partial charge in [0.2, 0.25) is 5.91 Å². The van der Waals surface area contributed by atoms with Gasteiger partial charge in [-0.25, -0.2) is 9.97 Å². The van der Waals surface area contributed by atoms with Crippen LogP contribution < -0.4 is 10.6 Å². The number of nitrogens with zero attached hydrogens (tertiary/aromatic N) is 2. The van der Waals surface area contributed by atoms with Crippen molar-refractivity contribution in [2.75, 3.05) is 5.32 Å². The van der Waals surface area contributed by atoms with E-state index >= 15 is 0 Å². The average Bonchev–Trinajstić information content (AvgIpc) is 2.95. The van der Waals surface area contributed by atoms with Crippen LogP contribution in [0.25, 0.3) is 10.9 Å². The first-order chi connectivity index (χ1) is 12.6. The van der Waals surface area contributed by atoms with Crippen LogP contribution in [0.2, 0.25) is 0 Å². The summed E-state index contributed by atoms with van der Waals surface area (Å²) in [5.74, 6) is 1.27. The molecule has 3 aromatic rings. The van der Waals surface area contributed by atoms with E-state index in [0.717, 1.165) is 36.4 Å². The molecule has 0 unspecified atom stereocenters. The van der Waals surface area contributed by atoms with Crippen LogP contribution in [-0.4, -0.2) is 26.9 Å². The van der Waals surface area contributed by atoms with Gasteiger partial charge in [0.05, 0.1) is 0 Å². The highest BCUT2D eigenvalue weighted by Crippen LogP contribution is 2.36. The third-order valence-electron chi connectivity index (χ3n) is 4.95. The van der Waals surface area contributed by atoms with Gasteiger partial charge in [0.25, 0.3) is 0 Å². The molecule has 1 aliphatic carbocycles. The van der Waals surface area contributed by atoms with Gasteiger partial charge in [-0.3, -0.25) is 4.79 Å². The van der Waals surface area contributed by atoms with E-state index in [9.17, 15) is 4.79 Å². The second kappa shape index (κ2) is 6.78. The fraction of sp³-hybridized carbons (Fsp3) is 0.350. The molecule has 0 aliphatic heterocycles. The summed E-state index contributed by atoms with van der Waals surface area (Å²) >= 11 is 0. The summed E-state index contributed by atoms with van der Waals surface area (Å²) in [5, 5.41) is 7.57. The number of hydrogen-bond acceptors (Lipinski definition) is 4. The first-order valence-corrected chi connectivity index (χ1v) is 8.98. The van der Waals surface area contributed by atoms with Gasteiger partial charge >= 0.3 is 0 Å². The van der Waals surface area contributed by atoms with Crippen LogP contribution in [-0.2, 0) is 11.3 Å². The van der Waals surface area contributed by atoms with Gasteiger partial charge in [0, 0.05) is 48.4 Å². The van der Waals surface area contributed by atoms with Gasteiger partial charge in [0.1, 0.15) is 12.1 Å². The summed E-state index contributed by atoms with van der Waals surface area (Å²) < 4.78 is 0. The Hall–Kier alpha value is -2.89. The molecule has 3 N–H and O–H groups in total. The molecule has 2 aromatic heterocycles. The minimum absolute atomic E-state index is 0.0353. The molecule has 1 aromatic carbocycles. The number of nitrogens with one attached hydrogen (secondary N) is 3. The quantitative estimate of drug-likeness (QED) is 0.660. The average molecular weight is 349 g/mol. The lowest BCUT2D eigenvalue weighted by Crippen LogP contribution is -2.42. The maximum absolute atomic E-state index is 11.1. The first-order valence-electron chi connectivity index (χ1n) is 8.98. The number of hydrogen-bond donors (Lipinski definition) is 3. The maximum atomic E-state index is 11.1. The van der Waals surface area contributed by atoms with E-state index in [1.807, 2.05) is 6.07 Å². The Balaban J connectivity index is 1.38. The molecular weight excluding hydrogens is 326 g/mol. The Morgan fingerprint density at radius 2 is 2.08 bits per heavy atom. The fourth-order valence-electron chi connectivity index (χ4n) is 3.59. The second-order valence-electron chi connectivity index (χ2n) is 7.12. The minimum atomic E-state index is 0.0353. The number of aryl methyl sites for hydroxylation is 1. The van der Waals surface area contributed by atoms with Crippen LogP contribution in [0.4, 0.5) is 5.82 Å². The molecule has 0 spiro atoms. The Kier molecular flexibility index (Phi) is 4.32. The van der Waals surface area contributed by atoms with Crippen LogP contribution >= 0.6 is 0 Å². The predicted molar refractivity (Wildman–Crippen MR) is 102 cm³/mol. The number of H-pyrrole nitrogens is 1. The number of rotatable bonds is 5. The van der Waals surface area contributed by atoms with E-state index in [4.69, 9.17) is 0 Å². The molecule has 134 valence electrons. The molecular formula is C20H23N5O. The number of benzene rings is 1. The molecule has 1 fully saturated rings. The van der Waals surface area contributed by atoms with E-state index in [0.29, 0.717) is 5.92 Å². The van der Waals surface area contributed by atoms with Crippen LogP contribution in [0.15, 0.2) is 36.7 Å². The van der Waals surface area contributed by atoms with E-state index < -0.39 is 0 Å². The third kappa shape index (κ3) is 3.54. The number of anilines is 1. The van der Waals surface area contributed by atoms with Crippen LogP contribution in [0.1, 0.15) is 42.6 Å². The van der Waals surface area contributed by atoms with Crippen molar-refractivity contribution in [3.63, 3.8) is 0 Å². The summed E-state index contributed by atoms with van der Waals surface area (Å²) in [7, 11) is 0. The molecule has 0 atom stereocenters. The van der Waals surface area contributed by atoms with E-state index in [-0.39, 0.29) is 11.9 Å². The van der Waals surface area contributed by atoms with Gasteiger partial charge in [0.15, 0.2) is 0 Å². The van der Waals surface area contributed by atoms with Crippen molar-refractivity contribution in [2.45, 2.75) is 45.2 Å². The molecule has 0 saturated heterocycles. The Morgan fingerprint density at radius 3 is 2.88 bits per heavy atom. The smallest absolute Gasteiger partial charge is 0.217 e. The maximum Gasteiger partial charge on any atom is 0.217 e. The van der Waals surface area contributed by atoms with Crippen LogP contribution in [0.3, 0.4) is 0 Å². The van der Waals surface area contributed by atoms with E-state index in [1.165, 1.54) is 16.6 Å². The van der Waals surface area contributed by atoms with Gasteiger partial charge in [-0.1, -0.05) is 6.07 Å². The number of aromatic amines is 1. The molecule has 26 heavy (non-hydrogen) atoms. The number of aromatic nitrogens is 3. The van der Waals surface area contributed by atoms with Gasteiger partial charge in [-0.15, -0.1) is 0 Å². The summed E-state index contributed by atoms with van der Waals surface area (Å²) in [6.07, 6.45) is 3.50. The fourth-order valence-corrected chi connectivity index (χ4v) is 3.59. The summed E-state index contributed by atoms with van der Waals surface area (Å²) in [6.45, 7) is 4.35. The highest BCUT2D eigenvalue weighted by molar-refractivity contribution is 5.81. The SMILES string of the molecule is CC(=O)NC1CC(c2cc(NCc3ccc4[nH]c(C)cc4c3)ncn2)C1. The molecule has 1 amide bonds. The van der Waals surface area contributed by atoms with Crippen LogP contribution in [0, 0.1) is 6.92 Å². The summed E-state index contributed by atoms with van der Waals surface area (Å²) in [4.78, 5) is 23.2. The van der Waals surface area contributed by atoms with Crippen molar-refractivity contribution in [3.8, 4) is 0 Å². The topological polar surface area (TPSA) is 82.7 Å². The molecule has 1 aliphatic rings. The number of fused-ring (bicyclic) bond motifs is 1. The third-order valence-corrected chi connectivity index (χ3v) is 4.95. The van der Waals surface area contributed by atoms with E-state index in [1.54, 1.807) is 13.3 Å². The zero-order valence-electron chi connectivity index (χ0n) is 15.0. The number of carbonyl (C=O) groups excluding carboxylic acids is 1. The molecule has 0 bridgehead atoms. The monoisotopic (exact) mass is 349 g/mol. The zero-order valence-corrected chi connectivity index (χ0v) is 15.0. The van der Waals surface area contributed by atoms with Crippen molar-refractivity contribution >= 4 is 22.6 Å². The molecule has 6 heteroatoms. The van der Waals surface area contributed by atoms with Gasteiger partial charge in [-0.2, -0.15) is 0 Å². The largest absolute Gasteiger partial charge is 0.366 e. The lowest BCUT2D eigenvalue weighted by atomic mass is 9.78. The Morgan fingerprint density at radius 1 is 1.23 bits per heavy atom. The minimum Gasteiger partial charge on any atom is -0.366 e. The summed E-state index contributed by atoms with van der Waals surface area (Å²) in [6, 6.07) is 10.9. The number of carbonyl (C=O) groups is 1. The van der Waals surface area contributed by atoms with Gasteiger partial charge in [-0.05, 0) is 48.9 Å². The molecule has 6 nitrogen and oxygen atoms in total. The number of amides is 1. The van der Waals surface area contributed by atoms with E-state index in [2.05, 4.69) is 56.8 Å². The molecule has 2 heterocycles. The molecule has 0 radical (unpaired) electrons. The van der Waals surface area contributed by atoms with Crippen molar-refractivity contribution in [3.05, 3.63) is 53.6 Å². The molecule has 1 saturated carbocycles. The highest BCUT2D eigenvalue weighted by Gasteiger charge is 2.31. The highest BCUT2D eigenvalue weighted by atomic mass is 16.1.